The normalized spacial score (nSPS) is 17.8. The van der Waals surface area contributed by atoms with Crippen molar-refractivity contribution in [3.8, 4) is 0 Å². The van der Waals surface area contributed by atoms with Crippen LogP contribution in [0.3, 0.4) is 0 Å². The fraction of sp³-hybridized carbons (Fsp3) is 0.500. The van der Waals surface area contributed by atoms with Crippen molar-refractivity contribution < 1.29 is 0 Å². The molecule has 0 saturated heterocycles. The molecular formula is C10H13N2O. The van der Waals surface area contributed by atoms with Crippen molar-refractivity contribution in [3.05, 3.63) is 35.2 Å². The molecule has 3 heteroatoms. The van der Waals surface area contributed by atoms with Gasteiger partial charge in [-0.15, -0.1) is 0 Å². The second kappa shape index (κ2) is 3.73. The molecule has 0 atom stereocenters. The number of hydrogen-bond acceptors (Lipinski definition) is 2. The topological polar surface area (TPSA) is 34.9 Å². The molecule has 69 valence electrons. The van der Waals surface area contributed by atoms with E-state index < -0.39 is 0 Å². The molecule has 3 nitrogen and oxygen atoms in total. The molecule has 0 N–H and O–H groups in total. The van der Waals surface area contributed by atoms with Crippen molar-refractivity contribution in [3.63, 3.8) is 0 Å². The molecule has 1 fully saturated rings. The van der Waals surface area contributed by atoms with Gasteiger partial charge in [0.1, 0.15) is 0 Å². The van der Waals surface area contributed by atoms with Crippen LogP contribution in [0.1, 0.15) is 25.7 Å². The van der Waals surface area contributed by atoms with Crippen LogP contribution in [0.25, 0.3) is 0 Å². The molecule has 0 unspecified atom stereocenters. The Morgan fingerprint density at radius 3 is 2.92 bits per heavy atom. The van der Waals surface area contributed by atoms with Crippen LogP contribution in [-0.2, 0) is 0 Å². The van der Waals surface area contributed by atoms with Crippen molar-refractivity contribution in [2.75, 3.05) is 0 Å². The second-order valence-electron chi connectivity index (χ2n) is 3.50. The van der Waals surface area contributed by atoms with E-state index in [1.165, 1.54) is 30.4 Å². The second-order valence-corrected chi connectivity index (χ2v) is 3.50. The molecule has 1 heterocycles. The van der Waals surface area contributed by atoms with Crippen molar-refractivity contribution in [1.82, 2.24) is 9.78 Å². The largest absolute Gasteiger partial charge is 0.268 e. The summed E-state index contributed by atoms with van der Waals surface area (Å²) in [4.78, 5) is 11.3. The van der Waals surface area contributed by atoms with Crippen molar-refractivity contribution >= 4 is 0 Å². The number of hydrogen-bond donors (Lipinski definition) is 0. The lowest BCUT2D eigenvalue weighted by molar-refractivity contribution is 0.546. The molecule has 2 rings (SSSR count). The first-order valence-corrected chi connectivity index (χ1v) is 4.75. The van der Waals surface area contributed by atoms with E-state index in [9.17, 15) is 4.79 Å². The van der Waals surface area contributed by atoms with Crippen LogP contribution in [0.15, 0.2) is 23.1 Å². The minimum Gasteiger partial charge on any atom is -0.268 e. The highest BCUT2D eigenvalue weighted by molar-refractivity contribution is 4.90. The average molecular weight is 177 g/mol. The molecule has 0 spiro atoms. The highest BCUT2D eigenvalue weighted by Gasteiger charge is 2.16. The zero-order chi connectivity index (χ0) is 9.10. The zero-order valence-electron chi connectivity index (χ0n) is 7.52. The summed E-state index contributed by atoms with van der Waals surface area (Å²) in [6.07, 6.45) is 6.60. The van der Waals surface area contributed by atoms with Gasteiger partial charge >= 0.3 is 0 Å². The standard InChI is InChI=1S/C10H13N2O/c13-10-6-3-7-11-12(10)8-9-4-1-2-5-9/h3,6-9H,1-2,4-5H2. The molecule has 1 aromatic rings. The highest BCUT2D eigenvalue weighted by Crippen LogP contribution is 2.26. The Balaban J connectivity index is 2.08. The molecular weight excluding hydrogens is 164 g/mol. The maximum Gasteiger partial charge on any atom is 0.267 e. The molecule has 0 amide bonds. The van der Waals surface area contributed by atoms with E-state index in [1.54, 1.807) is 18.3 Å². The minimum atomic E-state index is -0.0330. The number of nitrogens with zero attached hydrogens (tertiary/aromatic N) is 2. The lowest BCUT2D eigenvalue weighted by Crippen LogP contribution is -2.22. The Labute approximate surface area is 77.4 Å². The van der Waals surface area contributed by atoms with E-state index in [0.29, 0.717) is 5.92 Å². The Morgan fingerprint density at radius 2 is 2.23 bits per heavy atom. The van der Waals surface area contributed by atoms with Crippen LogP contribution in [0.2, 0.25) is 0 Å². The molecule has 0 aliphatic heterocycles. The molecule has 1 radical (unpaired) electrons. The molecule has 1 aromatic heterocycles. The maximum absolute atomic E-state index is 11.3. The summed E-state index contributed by atoms with van der Waals surface area (Å²) in [6.45, 7) is 1.95. The van der Waals surface area contributed by atoms with Gasteiger partial charge in [-0.25, -0.2) is 4.68 Å². The van der Waals surface area contributed by atoms with Gasteiger partial charge in [-0.05, 0) is 24.8 Å². The van der Waals surface area contributed by atoms with E-state index in [-0.39, 0.29) is 5.56 Å². The quantitative estimate of drug-likeness (QED) is 0.685. The average Bonchev–Trinajstić information content (AvgIpc) is 2.61. The van der Waals surface area contributed by atoms with Gasteiger partial charge in [0.15, 0.2) is 0 Å². The summed E-state index contributed by atoms with van der Waals surface area (Å²) in [5.74, 6) is 0.549. The molecule has 0 aromatic carbocycles. The molecule has 0 bridgehead atoms. The predicted octanol–water partition coefficient (Wildman–Crippen LogP) is 1.44. The van der Waals surface area contributed by atoms with E-state index >= 15 is 0 Å². The Kier molecular flexibility index (Phi) is 2.43. The maximum atomic E-state index is 11.3. The first-order chi connectivity index (χ1) is 6.36. The van der Waals surface area contributed by atoms with Crippen molar-refractivity contribution in [2.24, 2.45) is 5.92 Å². The van der Waals surface area contributed by atoms with Gasteiger partial charge in [-0.1, -0.05) is 12.8 Å². The van der Waals surface area contributed by atoms with Crippen molar-refractivity contribution in [2.45, 2.75) is 25.7 Å². The van der Waals surface area contributed by atoms with Crippen LogP contribution in [0.4, 0.5) is 0 Å². The third-order valence-corrected chi connectivity index (χ3v) is 2.49. The molecule has 13 heavy (non-hydrogen) atoms. The summed E-state index contributed by atoms with van der Waals surface area (Å²) >= 11 is 0. The van der Waals surface area contributed by atoms with Crippen molar-refractivity contribution in [1.29, 1.82) is 0 Å². The zero-order valence-corrected chi connectivity index (χ0v) is 7.52. The highest BCUT2D eigenvalue weighted by atomic mass is 16.1. The fourth-order valence-corrected chi connectivity index (χ4v) is 1.79. The number of aromatic nitrogens is 2. The lowest BCUT2D eigenvalue weighted by Gasteiger charge is -2.08. The van der Waals surface area contributed by atoms with Crippen LogP contribution in [0.5, 0.6) is 0 Å². The Hall–Kier alpha value is -1.12. The minimum absolute atomic E-state index is 0.0330. The fourth-order valence-electron chi connectivity index (χ4n) is 1.79. The van der Waals surface area contributed by atoms with Gasteiger partial charge in [0, 0.05) is 12.3 Å². The van der Waals surface area contributed by atoms with Crippen LogP contribution in [-0.4, -0.2) is 9.78 Å². The summed E-state index contributed by atoms with van der Waals surface area (Å²) in [7, 11) is 0. The summed E-state index contributed by atoms with van der Waals surface area (Å²) in [6, 6.07) is 3.21. The molecule has 1 saturated carbocycles. The SMILES string of the molecule is O=c1cccnn1[CH]C1CCCC1. The monoisotopic (exact) mass is 177 g/mol. The summed E-state index contributed by atoms with van der Waals surface area (Å²) in [5, 5.41) is 3.99. The predicted molar refractivity (Wildman–Crippen MR) is 50.2 cm³/mol. The van der Waals surface area contributed by atoms with Gasteiger partial charge in [-0.2, -0.15) is 5.10 Å². The first-order valence-electron chi connectivity index (χ1n) is 4.75. The molecule has 1 aliphatic carbocycles. The van der Waals surface area contributed by atoms with Gasteiger partial charge in [0.05, 0.1) is 6.54 Å². The Bertz CT molecular complexity index is 326. The van der Waals surface area contributed by atoms with Crippen LogP contribution < -0.4 is 5.56 Å². The number of rotatable bonds is 2. The third kappa shape index (κ3) is 1.97. The van der Waals surface area contributed by atoms with E-state index in [0.717, 1.165) is 0 Å². The third-order valence-electron chi connectivity index (χ3n) is 2.49. The lowest BCUT2D eigenvalue weighted by atomic mass is 10.1. The van der Waals surface area contributed by atoms with Gasteiger partial charge in [0.2, 0.25) is 0 Å². The van der Waals surface area contributed by atoms with Gasteiger partial charge < -0.3 is 0 Å². The van der Waals surface area contributed by atoms with Crippen LogP contribution in [0, 0.1) is 12.5 Å². The molecule has 1 aliphatic rings. The van der Waals surface area contributed by atoms with Gasteiger partial charge in [0.25, 0.3) is 5.56 Å². The first kappa shape index (κ1) is 8.48. The Morgan fingerprint density at radius 1 is 1.46 bits per heavy atom. The summed E-state index contributed by atoms with van der Waals surface area (Å²) in [5.41, 5.74) is -0.0330. The van der Waals surface area contributed by atoms with E-state index in [4.69, 9.17) is 0 Å². The van der Waals surface area contributed by atoms with E-state index in [1.807, 2.05) is 6.54 Å². The summed E-state index contributed by atoms with van der Waals surface area (Å²) < 4.78 is 1.45. The van der Waals surface area contributed by atoms with Gasteiger partial charge in [-0.3, -0.25) is 4.79 Å². The smallest absolute Gasteiger partial charge is 0.267 e. The van der Waals surface area contributed by atoms with E-state index in [2.05, 4.69) is 5.10 Å². The van der Waals surface area contributed by atoms with Crippen LogP contribution >= 0.6 is 0 Å².